The number of amides is 3. The summed E-state index contributed by atoms with van der Waals surface area (Å²) in [5.41, 5.74) is 1.12. The molecule has 2 aromatic rings. The van der Waals surface area contributed by atoms with Gasteiger partial charge in [-0.2, -0.15) is 0 Å². The zero-order valence-electron chi connectivity index (χ0n) is 22.4. The van der Waals surface area contributed by atoms with Gasteiger partial charge in [-0.25, -0.2) is 9.86 Å². The zero-order valence-corrected chi connectivity index (χ0v) is 22.4. The molecule has 2 rings (SSSR count). The van der Waals surface area contributed by atoms with Crippen molar-refractivity contribution < 1.29 is 33.5 Å². The summed E-state index contributed by atoms with van der Waals surface area (Å²) in [6.45, 7) is 6.10. The van der Waals surface area contributed by atoms with Crippen molar-refractivity contribution in [1.82, 2.24) is 15.7 Å². The molecule has 208 valence electrons. The van der Waals surface area contributed by atoms with E-state index in [-0.39, 0.29) is 24.3 Å². The smallest absolute Gasteiger partial charge is 0.338 e. The highest BCUT2D eigenvalue weighted by molar-refractivity contribution is 5.92. The first kappa shape index (κ1) is 30.6. The van der Waals surface area contributed by atoms with Gasteiger partial charge in [0.15, 0.2) is 5.76 Å². The van der Waals surface area contributed by atoms with Crippen molar-refractivity contribution in [3.63, 3.8) is 0 Å². The van der Waals surface area contributed by atoms with E-state index >= 15 is 0 Å². The van der Waals surface area contributed by atoms with Crippen molar-refractivity contribution in [2.45, 2.75) is 71.8 Å². The maximum atomic E-state index is 12.8. The lowest BCUT2D eigenvalue weighted by Gasteiger charge is -2.29. The number of hydrogen-bond acceptors (Lipinski definition) is 7. The predicted molar refractivity (Wildman–Crippen MR) is 141 cm³/mol. The van der Waals surface area contributed by atoms with Gasteiger partial charge >= 0.3 is 5.97 Å². The highest BCUT2D eigenvalue weighted by atomic mass is 16.5. The molecule has 10 heteroatoms. The van der Waals surface area contributed by atoms with E-state index in [1.807, 2.05) is 13.8 Å². The number of nitrogens with zero attached hydrogens (tertiary/aromatic N) is 1. The predicted octanol–water partition coefficient (Wildman–Crippen LogP) is 4.53. The number of benzene rings is 1. The maximum Gasteiger partial charge on any atom is 0.338 e. The van der Waals surface area contributed by atoms with Crippen LogP contribution in [0.2, 0.25) is 0 Å². The summed E-state index contributed by atoms with van der Waals surface area (Å²) in [7, 11) is 0. The Morgan fingerprint density at radius 3 is 2.34 bits per heavy atom. The average Bonchev–Trinajstić information content (AvgIpc) is 3.43. The topological polar surface area (TPSA) is 138 Å². The number of rotatable bonds is 17. The number of nitrogens with one attached hydrogen (secondary N) is 2. The number of carbonyl (C=O) groups excluding carboxylic acids is 4. The average molecular weight is 530 g/mol. The van der Waals surface area contributed by atoms with Crippen molar-refractivity contribution in [2.24, 2.45) is 5.92 Å². The van der Waals surface area contributed by atoms with Crippen LogP contribution < -0.4 is 10.6 Å². The fourth-order valence-corrected chi connectivity index (χ4v) is 4.05. The van der Waals surface area contributed by atoms with E-state index in [1.54, 1.807) is 37.3 Å². The van der Waals surface area contributed by atoms with E-state index in [4.69, 9.17) is 9.15 Å². The molecule has 10 nitrogen and oxygen atoms in total. The van der Waals surface area contributed by atoms with Crippen LogP contribution in [0.4, 0.5) is 0 Å². The second-order valence-corrected chi connectivity index (χ2v) is 9.02. The minimum Gasteiger partial charge on any atom is -0.462 e. The first-order valence-electron chi connectivity index (χ1n) is 13.2. The molecule has 0 fully saturated rings. The molecule has 0 radical (unpaired) electrons. The summed E-state index contributed by atoms with van der Waals surface area (Å²) in [5, 5.41) is 15.7. The number of ether oxygens (including phenoxy) is 1. The molecule has 3 amide bonds. The molecule has 1 aromatic heterocycles. The van der Waals surface area contributed by atoms with Gasteiger partial charge in [-0.05, 0) is 43.5 Å². The van der Waals surface area contributed by atoms with Crippen LogP contribution in [0.15, 0.2) is 40.8 Å². The molecule has 0 aliphatic heterocycles. The van der Waals surface area contributed by atoms with Crippen molar-refractivity contribution in [3.05, 3.63) is 47.7 Å². The second kappa shape index (κ2) is 16.2. The third-order valence-electron chi connectivity index (χ3n) is 6.26. The fourth-order valence-electron chi connectivity index (χ4n) is 4.05. The number of esters is 1. The Balaban J connectivity index is 1.94. The number of hydrogen-bond donors (Lipinski definition) is 3. The van der Waals surface area contributed by atoms with Gasteiger partial charge in [0.25, 0.3) is 5.91 Å². The van der Waals surface area contributed by atoms with Crippen LogP contribution in [0.1, 0.15) is 86.6 Å². The van der Waals surface area contributed by atoms with Crippen LogP contribution in [0.25, 0.3) is 11.3 Å². The van der Waals surface area contributed by atoms with Crippen LogP contribution in [0, 0.1) is 5.92 Å². The van der Waals surface area contributed by atoms with E-state index in [9.17, 15) is 24.4 Å². The summed E-state index contributed by atoms with van der Waals surface area (Å²) in [4.78, 5) is 48.5. The Bertz CT molecular complexity index is 1040. The monoisotopic (exact) mass is 529 g/mol. The molecule has 1 unspecified atom stereocenters. The number of hydroxylamine groups is 2. The minimum absolute atomic E-state index is 0.0609. The maximum absolute atomic E-state index is 12.8. The normalized spacial score (nSPS) is 12.3. The summed E-state index contributed by atoms with van der Waals surface area (Å²) in [6.07, 6.45) is 5.64. The lowest BCUT2D eigenvalue weighted by molar-refractivity contribution is -0.168. The van der Waals surface area contributed by atoms with Crippen molar-refractivity contribution in [3.8, 4) is 11.3 Å². The molecule has 3 N–H and O–H groups in total. The van der Waals surface area contributed by atoms with Gasteiger partial charge in [-0.1, -0.05) is 58.6 Å². The summed E-state index contributed by atoms with van der Waals surface area (Å²) < 4.78 is 10.9. The molecule has 1 aromatic carbocycles. The summed E-state index contributed by atoms with van der Waals surface area (Å²) in [6, 6.07) is 9.21. The molecule has 0 aliphatic carbocycles. The van der Waals surface area contributed by atoms with Gasteiger partial charge in [-0.15, -0.1) is 0 Å². The Morgan fingerprint density at radius 2 is 1.71 bits per heavy atom. The van der Waals surface area contributed by atoms with Gasteiger partial charge in [-0.3, -0.25) is 19.6 Å². The first-order chi connectivity index (χ1) is 18.4. The zero-order chi connectivity index (χ0) is 27.9. The molecule has 0 bridgehead atoms. The third-order valence-corrected chi connectivity index (χ3v) is 6.26. The highest BCUT2D eigenvalue weighted by Crippen LogP contribution is 2.23. The second-order valence-electron chi connectivity index (χ2n) is 9.02. The van der Waals surface area contributed by atoms with Crippen LogP contribution in [-0.4, -0.2) is 53.8 Å². The molecule has 1 heterocycles. The molecule has 38 heavy (non-hydrogen) atoms. The quantitative estimate of drug-likeness (QED) is 0.0683. The van der Waals surface area contributed by atoms with Gasteiger partial charge in [0.1, 0.15) is 5.76 Å². The Labute approximate surface area is 223 Å². The highest BCUT2D eigenvalue weighted by Gasteiger charge is 2.30. The Kier molecular flexibility index (Phi) is 13.1. The Hall–Kier alpha value is -3.66. The first-order valence-corrected chi connectivity index (χ1v) is 13.2. The summed E-state index contributed by atoms with van der Waals surface area (Å²) >= 11 is 0. The largest absolute Gasteiger partial charge is 0.462 e. The van der Waals surface area contributed by atoms with E-state index in [1.165, 1.54) is 6.07 Å². The summed E-state index contributed by atoms with van der Waals surface area (Å²) in [5.74, 6) is -1.36. The van der Waals surface area contributed by atoms with Crippen LogP contribution in [-0.2, 0) is 14.3 Å². The SMILES string of the molecule is CCCCCC(C(=O)NCNC(=O)c1ccc(-c2ccc(C(=O)OCCCC)cc2)o1)[C@@H](CC)N(O)C=O. The van der Waals surface area contributed by atoms with Crippen LogP contribution in [0.3, 0.4) is 0 Å². The van der Waals surface area contributed by atoms with E-state index in [0.717, 1.165) is 32.1 Å². The number of unbranched alkanes of at least 4 members (excludes halogenated alkanes) is 3. The van der Waals surface area contributed by atoms with E-state index < -0.39 is 17.9 Å². The third kappa shape index (κ3) is 9.02. The van der Waals surface area contributed by atoms with Crippen molar-refractivity contribution in [2.75, 3.05) is 13.3 Å². The molecule has 0 spiro atoms. The van der Waals surface area contributed by atoms with E-state index in [0.29, 0.717) is 47.8 Å². The molecular formula is C28H39N3O7. The van der Waals surface area contributed by atoms with Crippen molar-refractivity contribution >= 4 is 24.2 Å². The lowest BCUT2D eigenvalue weighted by atomic mass is 9.90. The minimum atomic E-state index is -0.655. The van der Waals surface area contributed by atoms with E-state index in [2.05, 4.69) is 10.6 Å². The van der Waals surface area contributed by atoms with Gasteiger partial charge in [0, 0.05) is 5.56 Å². The molecule has 2 atom stereocenters. The van der Waals surface area contributed by atoms with Crippen LogP contribution >= 0.6 is 0 Å². The molecule has 0 aliphatic rings. The van der Waals surface area contributed by atoms with Gasteiger partial charge in [0.2, 0.25) is 12.3 Å². The number of carbonyl (C=O) groups is 4. The Morgan fingerprint density at radius 1 is 1.00 bits per heavy atom. The lowest BCUT2D eigenvalue weighted by Crippen LogP contribution is -2.47. The molecular weight excluding hydrogens is 490 g/mol. The fraction of sp³-hybridized carbons (Fsp3) is 0.500. The van der Waals surface area contributed by atoms with Crippen LogP contribution in [0.5, 0.6) is 0 Å². The van der Waals surface area contributed by atoms with Gasteiger partial charge in [0.05, 0.1) is 30.8 Å². The molecule has 0 saturated heterocycles. The van der Waals surface area contributed by atoms with Gasteiger partial charge < -0.3 is 19.8 Å². The molecule has 0 saturated carbocycles. The van der Waals surface area contributed by atoms with Crippen molar-refractivity contribution in [1.29, 1.82) is 0 Å². The standard InChI is InChI=1S/C28H39N3O7/c1-4-7-9-10-22(23(6-3)31(36)19-32)26(33)29-18-30-27(34)25-16-15-24(38-25)20-11-13-21(14-12-20)28(35)37-17-8-5-2/h11-16,19,22-23,36H,4-10,17-18H2,1-3H3,(H,29,33)(H,30,34)/t22?,23-/m1/s1. The number of furan rings is 1.